The molecule has 1 unspecified atom stereocenters. The zero-order valence-electron chi connectivity index (χ0n) is 7.96. The van der Waals surface area contributed by atoms with Gasteiger partial charge in [-0.2, -0.15) is 0 Å². The summed E-state index contributed by atoms with van der Waals surface area (Å²) in [6.07, 6.45) is 0.392. The Balaban J connectivity index is 2.32. The minimum atomic E-state index is -0.121. The lowest BCUT2D eigenvalue weighted by atomic mass is 10.2. The van der Waals surface area contributed by atoms with E-state index in [-0.39, 0.29) is 18.0 Å². The fourth-order valence-corrected chi connectivity index (χ4v) is 1.14. The van der Waals surface area contributed by atoms with Crippen LogP contribution in [0.15, 0.2) is 0 Å². The van der Waals surface area contributed by atoms with Crippen molar-refractivity contribution < 1.29 is 9.59 Å². The quantitative estimate of drug-likeness (QED) is 0.611. The first-order valence-electron chi connectivity index (χ1n) is 4.41. The van der Waals surface area contributed by atoms with Crippen molar-refractivity contribution in [3.05, 3.63) is 0 Å². The molecule has 1 aliphatic heterocycles. The standard InChI is InChI=1S/C8H15N3O2/c1-3-11(2)8(13)10-6-4-7(12)9-5-6/h6H,3-5H2,1-2H3,(H,9,12)(H,10,13). The molecule has 0 aromatic heterocycles. The number of nitrogens with zero attached hydrogens (tertiary/aromatic N) is 1. The summed E-state index contributed by atoms with van der Waals surface area (Å²) in [7, 11) is 1.72. The van der Waals surface area contributed by atoms with E-state index in [4.69, 9.17) is 0 Å². The average Bonchev–Trinajstić information content (AvgIpc) is 2.49. The molecular formula is C8H15N3O2. The van der Waals surface area contributed by atoms with E-state index in [1.165, 1.54) is 0 Å². The first-order valence-corrected chi connectivity index (χ1v) is 4.41. The van der Waals surface area contributed by atoms with Gasteiger partial charge in [0.05, 0.1) is 6.04 Å². The highest BCUT2D eigenvalue weighted by Gasteiger charge is 2.23. The van der Waals surface area contributed by atoms with Gasteiger partial charge in [0.25, 0.3) is 0 Å². The molecule has 0 bridgehead atoms. The van der Waals surface area contributed by atoms with Crippen molar-refractivity contribution >= 4 is 11.9 Å². The predicted octanol–water partition coefficient (Wildman–Crippen LogP) is -0.464. The van der Waals surface area contributed by atoms with Gasteiger partial charge in [-0.1, -0.05) is 0 Å². The SMILES string of the molecule is CCN(C)C(=O)NC1CNC(=O)C1. The fraction of sp³-hybridized carbons (Fsp3) is 0.750. The largest absolute Gasteiger partial charge is 0.354 e. The number of urea groups is 1. The van der Waals surface area contributed by atoms with Gasteiger partial charge < -0.3 is 15.5 Å². The number of hydrogen-bond acceptors (Lipinski definition) is 2. The highest BCUT2D eigenvalue weighted by molar-refractivity contribution is 5.81. The van der Waals surface area contributed by atoms with E-state index in [0.29, 0.717) is 19.5 Å². The van der Waals surface area contributed by atoms with E-state index >= 15 is 0 Å². The van der Waals surface area contributed by atoms with Crippen LogP contribution in [-0.4, -0.2) is 43.0 Å². The molecule has 3 amide bonds. The number of amides is 3. The average molecular weight is 185 g/mol. The Labute approximate surface area is 77.5 Å². The third-order valence-electron chi connectivity index (χ3n) is 2.13. The molecule has 0 radical (unpaired) electrons. The highest BCUT2D eigenvalue weighted by atomic mass is 16.2. The van der Waals surface area contributed by atoms with Crippen molar-refractivity contribution in [3.63, 3.8) is 0 Å². The van der Waals surface area contributed by atoms with Gasteiger partial charge in [-0.05, 0) is 6.92 Å². The number of nitrogens with one attached hydrogen (secondary N) is 2. The Morgan fingerprint density at radius 2 is 2.46 bits per heavy atom. The van der Waals surface area contributed by atoms with Crippen molar-refractivity contribution in [2.45, 2.75) is 19.4 Å². The number of carbonyl (C=O) groups is 2. The second-order valence-electron chi connectivity index (χ2n) is 3.17. The van der Waals surface area contributed by atoms with Crippen molar-refractivity contribution in [1.82, 2.24) is 15.5 Å². The monoisotopic (exact) mass is 185 g/mol. The van der Waals surface area contributed by atoms with Crippen LogP contribution in [-0.2, 0) is 4.79 Å². The normalized spacial score (nSPS) is 21.1. The van der Waals surface area contributed by atoms with Gasteiger partial charge in [0, 0.05) is 26.6 Å². The molecule has 5 heteroatoms. The first-order chi connectivity index (χ1) is 6.13. The van der Waals surface area contributed by atoms with E-state index in [0.717, 1.165) is 0 Å². The topological polar surface area (TPSA) is 61.4 Å². The minimum Gasteiger partial charge on any atom is -0.354 e. The highest BCUT2D eigenvalue weighted by Crippen LogP contribution is 1.99. The summed E-state index contributed by atoms with van der Waals surface area (Å²) in [6.45, 7) is 3.11. The van der Waals surface area contributed by atoms with Gasteiger partial charge in [0.2, 0.25) is 5.91 Å². The van der Waals surface area contributed by atoms with E-state index < -0.39 is 0 Å². The van der Waals surface area contributed by atoms with Crippen LogP contribution in [0.25, 0.3) is 0 Å². The molecule has 1 fully saturated rings. The summed E-state index contributed by atoms with van der Waals surface area (Å²) in [4.78, 5) is 23.7. The molecule has 1 saturated heterocycles. The van der Waals surface area contributed by atoms with Crippen molar-refractivity contribution in [1.29, 1.82) is 0 Å². The van der Waals surface area contributed by atoms with Gasteiger partial charge in [0.15, 0.2) is 0 Å². The van der Waals surface area contributed by atoms with E-state index in [9.17, 15) is 9.59 Å². The Morgan fingerprint density at radius 3 is 2.92 bits per heavy atom. The number of rotatable bonds is 2. The molecule has 1 rings (SSSR count). The van der Waals surface area contributed by atoms with Gasteiger partial charge in [-0.25, -0.2) is 4.79 Å². The Hall–Kier alpha value is -1.26. The second kappa shape index (κ2) is 4.11. The smallest absolute Gasteiger partial charge is 0.317 e. The third kappa shape index (κ3) is 2.61. The molecule has 0 aromatic carbocycles. The van der Waals surface area contributed by atoms with Crippen molar-refractivity contribution in [2.24, 2.45) is 0 Å². The summed E-state index contributed by atoms with van der Waals surface area (Å²) in [6, 6.07) is -0.169. The first kappa shape index (κ1) is 9.83. The third-order valence-corrected chi connectivity index (χ3v) is 2.13. The predicted molar refractivity (Wildman–Crippen MR) is 48.3 cm³/mol. The summed E-state index contributed by atoms with van der Waals surface area (Å²) in [5.41, 5.74) is 0. The summed E-state index contributed by atoms with van der Waals surface area (Å²) >= 11 is 0. The van der Waals surface area contributed by atoms with E-state index in [1.54, 1.807) is 11.9 Å². The van der Waals surface area contributed by atoms with Crippen LogP contribution in [0, 0.1) is 0 Å². The van der Waals surface area contributed by atoms with E-state index in [1.807, 2.05) is 6.92 Å². The van der Waals surface area contributed by atoms with Crippen LogP contribution < -0.4 is 10.6 Å². The maximum atomic E-state index is 11.3. The maximum absolute atomic E-state index is 11.3. The number of hydrogen-bond donors (Lipinski definition) is 2. The van der Waals surface area contributed by atoms with Crippen LogP contribution >= 0.6 is 0 Å². The molecule has 0 spiro atoms. The molecule has 1 heterocycles. The van der Waals surface area contributed by atoms with Crippen LogP contribution in [0.2, 0.25) is 0 Å². The molecule has 5 nitrogen and oxygen atoms in total. The molecule has 0 aliphatic carbocycles. The van der Waals surface area contributed by atoms with Gasteiger partial charge in [0.1, 0.15) is 0 Å². The zero-order valence-corrected chi connectivity index (χ0v) is 7.96. The summed E-state index contributed by atoms with van der Waals surface area (Å²) in [5.74, 6) is 0.00412. The van der Waals surface area contributed by atoms with Gasteiger partial charge in [-0.3, -0.25) is 4.79 Å². The Morgan fingerprint density at radius 1 is 1.77 bits per heavy atom. The second-order valence-corrected chi connectivity index (χ2v) is 3.17. The molecule has 1 aliphatic rings. The Kier molecular flexibility index (Phi) is 3.11. The van der Waals surface area contributed by atoms with Crippen molar-refractivity contribution in [2.75, 3.05) is 20.1 Å². The summed E-state index contributed by atoms with van der Waals surface area (Å²) < 4.78 is 0. The molecule has 13 heavy (non-hydrogen) atoms. The molecule has 74 valence electrons. The van der Waals surface area contributed by atoms with Crippen LogP contribution in [0.3, 0.4) is 0 Å². The fourth-order valence-electron chi connectivity index (χ4n) is 1.14. The molecule has 1 atom stereocenters. The number of carbonyl (C=O) groups excluding carboxylic acids is 2. The van der Waals surface area contributed by atoms with Crippen molar-refractivity contribution in [3.8, 4) is 0 Å². The Bertz CT molecular complexity index is 217. The zero-order chi connectivity index (χ0) is 9.84. The maximum Gasteiger partial charge on any atom is 0.317 e. The van der Waals surface area contributed by atoms with Crippen LogP contribution in [0.5, 0.6) is 0 Å². The molecular weight excluding hydrogens is 170 g/mol. The molecule has 0 aromatic rings. The van der Waals surface area contributed by atoms with E-state index in [2.05, 4.69) is 10.6 Å². The lowest BCUT2D eigenvalue weighted by Crippen LogP contribution is -2.43. The molecule has 2 N–H and O–H groups in total. The van der Waals surface area contributed by atoms with Crippen LogP contribution in [0.1, 0.15) is 13.3 Å². The van der Waals surface area contributed by atoms with Gasteiger partial charge >= 0.3 is 6.03 Å². The molecule has 0 saturated carbocycles. The summed E-state index contributed by atoms with van der Waals surface area (Å²) in [5, 5.41) is 5.42. The van der Waals surface area contributed by atoms with Crippen LogP contribution in [0.4, 0.5) is 4.79 Å². The lowest BCUT2D eigenvalue weighted by Gasteiger charge is -2.18. The van der Waals surface area contributed by atoms with Gasteiger partial charge in [-0.15, -0.1) is 0 Å². The minimum absolute atomic E-state index is 0.00412. The lowest BCUT2D eigenvalue weighted by molar-refractivity contribution is -0.119.